The Hall–Kier alpha value is 0.556. The third-order valence-corrected chi connectivity index (χ3v) is 1.92. The van der Waals surface area contributed by atoms with Crippen molar-refractivity contribution < 1.29 is 51.4 Å². The van der Waals surface area contributed by atoms with Gasteiger partial charge in [-0.3, -0.25) is 0 Å². The van der Waals surface area contributed by atoms with E-state index >= 15 is 0 Å². The van der Waals surface area contributed by atoms with Gasteiger partial charge in [-0.05, 0) is 6.92 Å². The van der Waals surface area contributed by atoms with Gasteiger partial charge in [0.2, 0.25) is 0 Å². The van der Waals surface area contributed by atoms with Gasteiger partial charge in [-0.25, -0.2) is 0 Å². The Kier molecular flexibility index (Phi) is 8.11. The Morgan fingerprint density at radius 1 is 1.36 bits per heavy atom. The summed E-state index contributed by atoms with van der Waals surface area (Å²) in [4.78, 5) is 0. The van der Waals surface area contributed by atoms with Crippen LogP contribution in [0.3, 0.4) is 0 Å². The van der Waals surface area contributed by atoms with Crippen molar-refractivity contribution in [3.05, 3.63) is 53.4 Å². The van der Waals surface area contributed by atoms with Crippen molar-refractivity contribution in [3.63, 3.8) is 0 Å². The van der Waals surface area contributed by atoms with E-state index in [1.54, 1.807) is 0 Å². The molecule has 0 aliphatic carbocycles. The van der Waals surface area contributed by atoms with Crippen molar-refractivity contribution in [1.82, 2.24) is 0 Å². The van der Waals surface area contributed by atoms with Crippen molar-refractivity contribution in [2.45, 2.75) is 19.9 Å². The van der Waals surface area contributed by atoms with E-state index in [-0.39, 0.29) is 57.4 Å². The van der Waals surface area contributed by atoms with Crippen LogP contribution in [0.15, 0.2) is 42.5 Å². The summed E-state index contributed by atoms with van der Waals surface area (Å²) < 4.78 is 0. The summed E-state index contributed by atoms with van der Waals surface area (Å²) in [5.74, 6) is 0. The third kappa shape index (κ3) is 5.44. The van der Waals surface area contributed by atoms with Gasteiger partial charge in [0.1, 0.15) is 0 Å². The average molecular weight is 213 g/mol. The molecule has 14 heavy (non-hydrogen) atoms. The van der Waals surface area contributed by atoms with Crippen LogP contribution in [0, 0.1) is 0 Å². The van der Waals surface area contributed by atoms with Crippen molar-refractivity contribution in [2.24, 2.45) is 0 Å². The largest absolute Gasteiger partial charge is 1.00 e. The first-order chi connectivity index (χ1) is 6.20. The number of benzene rings is 1. The SMILES string of the molecule is C=C(C)C[N-][C@@H](C)c1ccccc1.[K+]. The van der Waals surface area contributed by atoms with E-state index in [4.69, 9.17) is 0 Å². The van der Waals surface area contributed by atoms with Gasteiger partial charge < -0.3 is 5.32 Å². The third-order valence-electron chi connectivity index (χ3n) is 1.92. The molecule has 0 N–H and O–H groups in total. The van der Waals surface area contributed by atoms with Crippen LogP contribution < -0.4 is 51.4 Å². The smallest absolute Gasteiger partial charge is 0.652 e. The monoisotopic (exact) mass is 213 g/mol. The molecule has 0 fully saturated rings. The zero-order chi connectivity index (χ0) is 9.68. The second-order valence-electron chi connectivity index (χ2n) is 3.38. The van der Waals surface area contributed by atoms with Crippen molar-refractivity contribution in [1.29, 1.82) is 0 Å². The topological polar surface area (TPSA) is 14.1 Å². The summed E-state index contributed by atoms with van der Waals surface area (Å²) in [6.07, 6.45) is 0. The van der Waals surface area contributed by atoms with Crippen LogP contribution in [0.5, 0.6) is 0 Å². The molecule has 0 saturated carbocycles. The van der Waals surface area contributed by atoms with Gasteiger partial charge in [-0.2, -0.15) is 0 Å². The van der Waals surface area contributed by atoms with E-state index in [9.17, 15) is 0 Å². The molecule has 2 heteroatoms. The van der Waals surface area contributed by atoms with E-state index in [0.717, 1.165) is 12.1 Å². The molecule has 0 saturated heterocycles. The van der Waals surface area contributed by atoms with Gasteiger partial charge >= 0.3 is 51.4 Å². The molecule has 1 aromatic carbocycles. The zero-order valence-corrected chi connectivity index (χ0v) is 12.4. The molecular weight excluding hydrogens is 197 g/mol. The minimum absolute atomic E-state index is 0. The van der Waals surface area contributed by atoms with Gasteiger partial charge in [-0.1, -0.05) is 42.8 Å². The first-order valence-corrected chi connectivity index (χ1v) is 4.56. The molecule has 70 valence electrons. The summed E-state index contributed by atoms with van der Waals surface area (Å²) >= 11 is 0. The Bertz CT molecular complexity index is 269. The van der Waals surface area contributed by atoms with Crippen molar-refractivity contribution in [3.8, 4) is 0 Å². The summed E-state index contributed by atoms with van der Waals surface area (Å²) in [6, 6.07) is 10.6. The van der Waals surface area contributed by atoms with E-state index in [1.165, 1.54) is 5.56 Å². The molecule has 0 bridgehead atoms. The molecule has 0 aromatic heterocycles. The second kappa shape index (κ2) is 7.80. The molecule has 1 aromatic rings. The average Bonchev–Trinajstić information content (AvgIpc) is 2.15. The maximum Gasteiger partial charge on any atom is 1.00 e. The van der Waals surface area contributed by atoms with E-state index in [1.807, 2.05) is 25.1 Å². The van der Waals surface area contributed by atoms with E-state index in [2.05, 4.69) is 31.0 Å². The van der Waals surface area contributed by atoms with Gasteiger partial charge in [0.25, 0.3) is 0 Å². The number of hydrogen-bond donors (Lipinski definition) is 0. The number of nitrogens with zero attached hydrogens (tertiary/aromatic N) is 1. The molecular formula is C12H16KN. The fraction of sp³-hybridized carbons (Fsp3) is 0.333. The number of hydrogen-bond acceptors (Lipinski definition) is 0. The molecule has 0 spiro atoms. The predicted molar refractivity (Wildman–Crippen MR) is 57.9 cm³/mol. The Morgan fingerprint density at radius 3 is 2.43 bits per heavy atom. The maximum absolute atomic E-state index is 4.49. The van der Waals surface area contributed by atoms with Crippen LogP contribution in [0.2, 0.25) is 0 Å². The molecule has 1 atom stereocenters. The van der Waals surface area contributed by atoms with Crippen LogP contribution in [0.4, 0.5) is 0 Å². The summed E-state index contributed by atoms with van der Waals surface area (Å²) in [7, 11) is 0. The normalized spacial score (nSPS) is 11.6. The predicted octanol–water partition coefficient (Wildman–Crippen LogP) is 0.701. The van der Waals surface area contributed by atoms with Crippen LogP contribution in [0.1, 0.15) is 25.5 Å². The molecule has 0 aliphatic rings. The van der Waals surface area contributed by atoms with Crippen LogP contribution in [-0.4, -0.2) is 6.54 Å². The molecule has 0 aliphatic heterocycles. The van der Waals surface area contributed by atoms with E-state index in [0.29, 0.717) is 0 Å². The first-order valence-electron chi connectivity index (χ1n) is 4.56. The van der Waals surface area contributed by atoms with Gasteiger partial charge in [-0.15, -0.1) is 24.7 Å². The second-order valence-corrected chi connectivity index (χ2v) is 3.38. The molecule has 0 heterocycles. The quantitative estimate of drug-likeness (QED) is 0.516. The van der Waals surface area contributed by atoms with E-state index < -0.39 is 0 Å². The summed E-state index contributed by atoms with van der Waals surface area (Å²) in [5, 5.41) is 4.49. The maximum atomic E-state index is 4.49. The number of rotatable bonds is 4. The molecule has 0 amide bonds. The Labute approximate surface area is 129 Å². The van der Waals surface area contributed by atoms with Crippen LogP contribution in [0.25, 0.3) is 5.32 Å². The van der Waals surface area contributed by atoms with Gasteiger partial charge in [0.15, 0.2) is 0 Å². The fourth-order valence-electron chi connectivity index (χ4n) is 1.13. The molecule has 0 unspecified atom stereocenters. The first kappa shape index (κ1) is 14.6. The van der Waals surface area contributed by atoms with Crippen LogP contribution >= 0.6 is 0 Å². The minimum atomic E-state index is 0. The van der Waals surface area contributed by atoms with Crippen molar-refractivity contribution in [2.75, 3.05) is 6.54 Å². The summed E-state index contributed by atoms with van der Waals surface area (Å²) in [5.41, 5.74) is 2.38. The molecule has 1 rings (SSSR count). The summed E-state index contributed by atoms with van der Waals surface area (Å²) in [6.45, 7) is 8.70. The van der Waals surface area contributed by atoms with Crippen LogP contribution in [-0.2, 0) is 0 Å². The van der Waals surface area contributed by atoms with Gasteiger partial charge in [0.05, 0.1) is 0 Å². The Morgan fingerprint density at radius 2 is 1.93 bits per heavy atom. The standard InChI is InChI=1S/C12H16N.K/c1-10(2)9-13-11(3)12-7-5-4-6-8-12;/h4-8,11H,1,9H2,2-3H3;/q-1;+1/t11-;/m0./s1. The van der Waals surface area contributed by atoms with Gasteiger partial charge in [0, 0.05) is 0 Å². The Balaban J connectivity index is 0.00000169. The molecule has 0 radical (unpaired) electrons. The zero-order valence-electron chi connectivity index (χ0n) is 9.33. The van der Waals surface area contributed by atoms with Crippen molar-refractivity contribution >= 4 is 0 Å². The molecule has 1 nitrogen and oxygen atoms in total. The minimum Gasteiger partial charge on any atom is -0.652 e. The fourth-order valence-corrected chi connectivity index (χ4v) is 1.13.